The van der Waals surface area contributed by atoms with Gasteiger partial charge in [-0.3, -0.25) is 0 Å². The Labute approximate surface area is 174 Å². The number of benzene rings is 2. The number of hydrogen-bond donors (Lipinski definition) is 0. The molecular weight excluding hydrogens is 364 g/mol. The second kappa shape index (κ2) is 7.51. The highest BCUT2D eigenvalue weighted by Crippen LogP contribution is 2.64. The molecule has 2 fully saturated rings. The van der Waals surface area contributed by atoms with Crippen LogP contribution >= 0.6 is 0 Å². The molecule has 0 saturated carbocycles. The van der Waals surface area contributed by atoms with E-state index in [4.69, 9.17) is 18.9 Å². The van der Waals surface area contributed by atoms with Gasteiger partial charge in [0, 0.05) is 24.3 Å². The molecule has 0 aromatic heterocycles. The van der Waals surface area contributed by atoms with Gasteiger partial charge in [-0.2, -0.15) is 0 Å². The van der Waals surface area contributed by atoms with Crippen molar-refractivity contribution in [2.75, 3.05) is 26.4 Å². The topological polar surface area (TPSA) is 36.9 Å². The summed E-state index contributed by atoms with van der Waals surface area (Å²) in [6, 6.07) is 20.5. The van der Waals surface area contributed by atoms with Crippen molar-refractivity contribution >= 4 is 0 Å². The maximum atomic E-state index is 6.71. The Balaban J connectivity index is 1.80. The summed E-state index contributed by atoms with van der Waals surface area (Å²) in [7, 11) is 0. The minimum atomic E-state index is -0.836. The number of hydrogen-bond acceptors (Lipinski definition) is 4. The first kappa shape index (κ1) is 20.5. The summed E-state index contributed by atoms with van der Waals surface area (Å²) < 4.78 is 26.2. The van der Waals surface area contributed by atoms with Gasteiger partial charge in [0.05, 0.1) is 24.0 Å². The summed E-state index contributed by atoms with van der Waals surface area (Å²) in [6.07, 6.45) is 0.865. The molecule has 4 rings (SSSR count). The maximum Gasteiger partial charge on any atom is 0.202 e. The lowest BCUT2D eigenvalue weighted by atomic mass is 9.59. The Morgan fingerprint density at radius 3 is 1.41 bits per heavy atom. The highest BCUT2D eigenvalue weighted by molar-refractivity contribution is 5.29. The van der Waals surface area contributed by atoms with Crippen molar-refractivity contribution in [1.82, 2.24) is 0 Å². The molecule has 0 N–H and O–H groups in total. The van der Waals surface area contributed by atoms with Crippen LogP contribution in [0.15, 0.2) is 60.7 Å². The second-order valence-corrected chi connectivity index (χ2v) is 8.71. The lowest BCUT2D eigenvalue weighted by Crippen LogP contribution is -2.68. The van der Waals surface area contributed by atoms with Gasteiger partial charge in [0.2, 0.25) is 11.6 Å². The minimum Gasteiger partial charge on any atom is -0.346 e. The van der Waals surface area contributed by atoms with Crippen LogP contribution in [-0.4, -0.2) is 26.4 Å². The van der Waals surface area contributed by atoms with E-state index in [0.29, 0.717) is 26.4 Å². The van der Waals surface area contributed by atoms with Crippen molar-refractivity contribution in [3.8, 4) is 0 Å². The van der Waals surface area contributed by atoms with Gasteiger partial charge in [-0.15, -0.1) is 0 Å². The molecule has 2 aromatic rings. The molecule has 0 aliphatic carbocycles. The second-order valence-electron chi connectivity index (χ2n) is 8.71. The molecule has 0 amide bonds. The van der Waals surface area contributed by atoms with Crippen molar-refractivity contribution in [3.05, 3.63) is 71.8 Å². The first-order chi connectivity index (χ1) is 14.0. The molecule has 2 aliphatic rings. The molecule has 0 unspecified atom stereocenters. The smallest absolute Gasteiger partial charge is 0.202 e. The van der Waals surface area contributed by atoms with Crippen LogP contribution in [0.2, 0.25) is 0 Å². The van der Waals surface area contributed by atoms with Gasteiger partial charge >= 0.3 is 0 Å². The molecule has 4 atom stereocenters. The summed E-state index contributed by atoms with van der Waals surface area (Å²) in [5, 5.41) is 0. The quantitative estimate of drug-likeness (QED) is 0.670. The molecule has 29 heavy (non-hydrogen) atoms. The molecule has 4 nitrogen and oxygen atoms in total. The van der Waals surface area contributed by atoms with E-state index in [-0.39, 0.29) is 10.8 Å². The molecule has 0 radical (unpaired) electrons. The van der Waals surface area contributed by atoms with E-state index in [9.17, 15) is 0 Å². The first-order valence-electron chi connectivity index (χ1n) is 10.6. The summed E-state index contributed by atoms with van der Waals surface area (Å²) in [5.74, 6) is -1.67. The van der Waals surface area contributed by atoms with Crippen LogP contribution in [0.5, 0.6) is 0 Å². The van der Waals surface area contributed by atoms with E-state index in [0.717, 1.165) is 17.5 Å². The van der Waals surface area contributed by atoms with E-state index >= 15 is 0 Å². The Bertz CT molecular complexity index is 756. The van der Waals surface area contributed by atoms with Crippen molar-refractivity contribution in [1.29, 1.82) is 0 Å². The number of ether oxygens (including phenoxy) is 4. The lowest BCUT2D eigenvalue weighted by molar-refractivity contribution is -0.444. The fourth-order valence-electron chi connectivity index (χ4n) is 5.44. The summed E-state index contributed by atoms with van der Waals surface area (Å²) in [6.45, 7) is 10.6. The predicted octanol–water partition coefficient (Wildman–Crippen LogP) is 5.23. The van der Waals surface area contributed by atoms with Crippen LogP contribution in [0.3, 0.4) is 0 Å². The fraction of sp³-hybridized carbons (Fsp3) is 0.520. The van der Waals surface area contributed by atoms with E-state index in [1.165, 1.54) is 0 Å². The standard InChI is InChI=1S/C25H32O4/c1-5-26-24(20-13-9-7-10-14-20)22(3)17-23(4,19-28-24)25(27-6-2,29-18-22)21-15-11-8-12-16-21/h7-16H,5-6,17-19H2,1-4H3/t22-,23-,24+,25+/m0/s1. The third-order valence-electron chi connectivity index (χ3n) is 6.56. The minimum absolute atomic E-state index is 0.354. The number of rotatable bonds is 6. The van der Waals surface area contributed by atoms with E-state index < -0.39 is 11.6 Å². The SMILES string of the molecule is CCO[C@]1(c2ccccc2)OC[C@]2(C)C[C@@]1(C)CO[C@]2(OCC)c1ccccc1. The molecule has 2 heterocycles. The highest BCUT2D eigenvalue weighted by atomic mass is 16.7. The summed E-state index contributed by atoms with van der Waals surface area (Å²) in [4.78, 5) is 0. The Kier molecular flexibility index (Phi) is 5.32. The first-order valence-corrected chi connectivity index (χ1v) is 10.6. The van der Waals surface area contributed by atoms with Crippen LogP contribution in [0.25, 0.3) is 0 Å². The molecule has 2 bridgehead atoms. The largest absolute Gasteiger partial charge is 0.346 e. The normalized spacial score (nSPS) is 36.7. The molecule has 2 aliphatic heterocycles. The molecule has 0 spiro atoms. The zero-order valence-corrected chi connectivity index (χ0v) is 17.9. The molecule has 2 aromatic carbocycles. The Morgan fingerprint density at radius 1 is 0.690 bits per heavy atom. The van der Waals surface area contributed by atoms with Gasteiger partial charge in [-0.05, 0) is 20.3 Å². The van der Waals surface area contributed by atoms with E-state index in [1.54, 1.807) is 0 Å². The van der Waals surface area contributed by atoms with Crippen molar-refractivity contribution in [2.45, 2.75) is 45.7 Å². The predicted molar refractivity (Wildman–Crippen MR) is 112 cm³/mol. The van der Waals surface area contributed by atoms with Gasteiger partial charge in [0.15, 0.2) is 0 Å². The zero-order valence-electron chi connectivity index (χ0n) is 17.9. The molecule has 4 heteroatoms. The van der Waals surface area contributed by atoms with Crippen LogP contribution < -0.4 is 0 Å². The average molecular weight is 397 g/mol. The Hall–Kier alpha value is -1.72. The summed E-state index contributed by atoms with van der Waals surface area (Å²) >= 11 is 0. The van der Waals surface area contributed by atoms with Crippen molar-refractivity contribution in [3.63, 3.8) is 0 Å². The summed E-state index contributed by atoms with van der Waals surface area (Å²) in [5.41, 5.74) is 1.37. The van der Waals surface area contributed by atoms with E-state index in [1.807, 2.05) is 50.2 Å². The van der Waals surface area contributed by atoms with Crippen molar-refractivity contribution in [2.24, 2.45) is 10.8 Å². The van der Waals surface area contributed by atoms with Crippen LogP contribution in [0, 0.1) is 10.8 Å². The Morgan fingerprint density at radius 2 is 1.07 bits per heavy atom. The van der Waals surface area contributed by atoms with Gasteiger partial charge < -0.3 is 18.9 Å². The monoisotopic (exact) mass is 396 g/mol. The van der Waals surface area contributed by atoms with Gasteiger partial charge in [-0.25, -0.2) is 0 Å². The van der Waals surface area contributed by atoms with Gasteiger partial charge in [0.1, 0.15) is 0 Å². The number of fused-ring (bicyclic) bond motifs is 2. The van der Waals surface area contributed by atoms with Crippen LogP contribution in [0.4, 0.5) is 0 Å². The third kappa shape index (κ3) is 2.97. The van der Waals surface area contributed by atoms with Crippen molar-refractivity contribution < 1.29 is 18.9 Å². The zero-order chi connectivity index (χ0) is 20.6. The van der Waals surface area contributed by atoms with Gasteiger partial charge in [0.25, 0.3) is 0 Å². The molecular formula is C25H32O4. The van der Waals surface area contributed by atoms with E-state index in [2.05, 4.69) is 38.1 Å². The maximum absolute atomic E-state index is 6.71. The van der Waals surface area contributed by atoms with Crippen LogP contribution in [-0.2, 0) is 30.5 Å². The lowest BCUT2D eigenvalue weighted by Gasteiger charge is -2.64. The van der Waals surface area contributed by atoms with Crippen LogP contribution in [0.1, 0.15) is 45.2 Å². The average Bonchev–Trinajstić information content (AvgIpc) is 2.74. The third-order valence-corrected chi connectivity index (χ3v) is 6.56. The molecule has 2 saturated heterocycles. The fourth-order valence-corrected chi connectivity index (χ4v) is 5.44. The highest BCUT2D eigenvalue weighted by Gasteiger charge is 2.68. The molecule has 156 valence electrons. The van der Waals surface area contributed by atoms with Gasteiger partial charge in [-0.1, -0.05) is 74.5 Å².